The first-order chi connectivity index (χ1) is 18.7. The fourth-order valence-electron chi connectivity index (χ4n) is 5.26. The van der Waals surface area contributed by atoms with E-state index in [1.54, 1.807) is 36.4 Å². The lowest BCUT2D eigenvalue weighted by molar-refractivity contribution is -0.144. The van der Waals surface area contributed by atoms with Gasteiger partial charge in [0, 0.05) is 24.2 Å². The Morgan fingerprint density at radius 3 is 1.82 bits per heavy atom. The minimum absolute atomic E-state index is 0.0420. The topological polar surface area (TPSA) is 95.4 Å². The smallest absolute Gasteiger partial charge is 0.333 e. The van der Waals surface area contributed by atoms with E-state index >= 15 is 0 Å². The Morgan fingerprint density at radius 2 is 1.35 bits per heavy atom. The fraction of sp³-hybridized carbons (Fsp3) is 0.455. The predicted octanol–water partition coefficient (Wildman–Crippen LogP) is 6.43. The molecule has 1 saturated heterocycles. The maximum absolute atomic E-state index is 13.0. The summed E-state index contributed by atoms with van der Waals surface area (Å²) in [6.07, 6.45) is 6.04. The second kappa shape index (κ2) is 11.0. The van der Waals surface area contributed by atoms with Crippen molar-refractivity contribution in [2.45, 2.75) is 72.3 Å². The van der Waals surface area contributed by atoms with Crippen LogP contribution < -0.4 is 10.2 Å². The molecule has 4 rings (SSSR count). The molecule has 1 amide bonds. The van der Waals surface area contributed by atoms with Crippen molar-refractivity contribution < 1.29 is 14.7 Å². The van der Waals surface area contributed by atoms with Gasteiger partial charge in [-0.2, -0.15) is 0 Å². The monoisotopic (exact) mass is 542 g/mol. The molecule has 3 aromatic rings. The van der Waals surface area contributed by atoms with Gasteiger partial charge in [0.15, 0.2) is 11.4 Å². The van der Waals surface area contributed by atoms with Crippen LogP contribution in [-0.2, 0) is 15.7 Å². The highest BCUT2D eigenvalue weighted by Crippen LogP contribution is 2.35. The number of rotatable bonds is 6. The van der Waals surface area contributed by atoms with Gasteiger partial charge in [-0.3, -0.25) is 4.79 Å². The molecule has 0 saturated carbocycles. The Kier molecular flexibility index (Phi) is 8.06. The molecule has 1 aliphatic rings. The standard InChI is InChI=1S/C33H42N4O3/c1-31(2,3)24-12-10-23(11-13-24)29(38)36-33(7,30(39)40)26-14-8-22(9-15-26)28-34-20-27(21-35-28)37-18-16-25(17-19-37)32(4,5)6/h8-15,20-21,25H,16-19H2,1-7H3,(H,36,38)(H,39,40)/t33-/m0/s1. The summed E-state index contributed by atoms with van der Waals surface area (Å²) in [5, 5.41) is 12.8. The molecule has 1 fully saturated rings. The van der Waals surface area contributed by atoms with Gasteiger partial charge in [0.2, 0.25) is 0 Å². The molecule has 7 heteroatoms. The van der Waals surface area contributed by atoms with E-state index in [0.717, 1.165) is 48.7 Å². The first-order valence-electron chi connectivity index (χ1n) is 14.0. The van der Waals surface area contributed by atoms with E-state index in [2.05, 4.69) is 61.7 Å². The maximum atomic E-state index is 13.0. The SMILES string of the molecule is CC(C)(C)c1ccc(C(=O)N[C@](C)(C(=O)O)c2ccc(-c3ncc(N4CCC(C(C)(C)C)CC4)cn3)cc2)cc1. The molecular formula is C33H42N4O3. The van der Waals surface area contributed by atoms with Crippen LogP contribution in [-0.4, -0.2) is 40.0 Å². The van der Waals surface area contributed by atoms with Crippen molar-refractivity contribution >= 4 is 17.6 Å². The number of carbonyl (C=O) groups is 2. The molecule has 1 atom stereocenters. The third-order valence-electron chi connectivity index (χ3n) is 8.25. The van der Waals surface area contributed by atoms with Gasteiger partial charge >= 0.3 is 5.97 Å². The number of amides is 1. The maximum Gasteiger partial charge on any atom is 0.333 e. The average molecular weight is 543 g/mol. The number of hydrogen-bond acceptors (Lipinski definition) is 5. The second-order valence-corrected chi connectivity index (χ2v) is 13.2. The Hall–Kier alpha value is -3.74. The molecule has 0 bridgehead atoms. The molecule has 40 heavy (non-hydrogen) atoms. The van der Waals surface area contributed by atoms with Crippen molar-refractivity contribution in [3.8, 4) is 11.4 Å². The van der Waals surface area contributed by atoms with Crippen LogP contribution >= 0.6 is 0 Å². The van der Waals surface area contributed by atoms with E-state index in [1.807, 2.05) is 24.5 Å². The van der Waals surface area contributed by atoms with Crippen LogP contribution in [0.1, 0.15) is 82.8 Å². The van der Waals surface area contributed by atoms with Gasteiger partial charge in [-0.15, -0.1) is 0 Å². The Morgan fingerprint density at radius 1 is 0.825 bits per heavy atom. The minimum Gasteiger partial charge on any atom is -0.479 e. The largest absolute Gasteiger partial charge is 0.479 e. The van der Waals surface area contributed by atoms with Gasteiger partial charge in [-0.1, -0.05) is 77.9 Å². The Bertz CT molecular complexity index is 1330. The summed E-state index contributed by atoms with van der Waals surface area (Å²) in [6.45, 7) is 16.7. The van der Waals surface area contributed by atoms with Crippen LogP contribution in [0.2, 0.25) is 0 Å². The highest BCUT2D eigenvalue weighted by molar-refractivity contribution is 5.98. The summed E-state index contributed by atoms with van der Waals surface area (Å²) in [4.78, 5) is 36.9. The number of carboxylic acid groups (broad SMARTS) is 1. The van der Waals surface area contributed by atoms with Crippen LogP contribution in [0.15, 0.2) is 60.9 Å². The number of nitrogens with one attached hydrogen (secondary N) is 1. The summed E-state index contributed by atoms with van der Waals surface area (Å²) in [6, 6.07) is 14.3. The van der Waals surface area contributed by atoms with E-state index < -0.39 is 17.4 Å². The zero-order chi connectivity index (χ0) is 29.3. The van der Waals surface area contributed by atoms with Crippen LogP contribution in [0.4, 0.5) is 5.69 Å². The number of anilines is 1. The summed E-state index contributed by atoms with van der Waals surface area (Å²) < 4.78 is 0. The first-order valence-corrected chi connectivity index (χ1v) is 14.0. The van der Waals surface area contributed by atoms with E-state index in [-0.39, 0.29) is 5.41 Å². The lowest BCUT2D eigenvalue weighted by Crippen LogP contribution is -2.49. The first kappa shape index (κ1) is 29.2. The molecule has 1 aliphatic heterocycles. The molecule has 0 radical (unpaired) electrons. The molecule has 1 aromatic heterocycles. The number of nitrogens with zero attached hydrogens (tertiary/aromatic N) is 3. The highest BCUT2D eigenvalue weighted by Gasteiger charge is 2.37. The predicted molar refractivity (Wildman–Crippen MR) is 159 cm³/mol. The van der Waals surface area contributed by atoms with Crippen molar-refractivity contribution in [2.75, 3.05) is 18.0 Å². The van der Waals surface area contributed by atoms with E-state index in [0.29, 0.717) is 22.4 Å². The van der Waals surface area contributed by atoms with Crippen LogP contribution in [0.3, 0.4) is 0 Å². The van der Waals surface area contributed by atoms with Crippen molar-refractivity contribution in [1.82, 2.24) is 15.3 Å². The van der Waals surface area contributed by atoms with Crippen molar-refractivity contribution in [2.24, 2.45) is 11.3 Å². The van der Waals surface area contributed by atoms with Crippen LogP contribution in [0.25, 0.3) is 11.4 Å². The van der Waals surface area contributed by atoms with E-state index in [4.69, 9.17) is 0 Å². The number of hydrogen-bond donors (Lipinski definition) is 2. The lowest BCUT2D eigenvalue weighted by atomic mass is 9.75. The Labute approximate surface area is 238 Å². The molecule has 0 unspecified atom stereocenters. The summed E-state index contributed by atoms with van der Waals surface area (Å²) in [7, 11) is 0. The van der Waals surface area contributed by atoms with Crippen molar-refractivity contribution in [1.29, 1.82) is 0 Å². The fourth-order valence-corrected chi connectivity index (χ4v) is 5.26. The number of benzene rings is 2. The second-order valence-electron chi connectivity index (χ2n) is 13.2. The van der Waals surface area contributed by atoms with Gasteiger partial charge in [0.05, 0.1) is 18.1 Å². The van der Waals surface area contributed by atoms with Gasteiger partial charge < -0.3 is 15.3 Å². The zero-order valence-corrected chi connectivity index (χ0v) is 24.8. The van der Waals surface area contributed by atoms with Gasteiger partial charge in [-0.05, 0) is 59.8 Å². The molecule has 2 N–H and O–H groups in total. The van der Waals surface area contributed by atoms with E-state index in [9.17, 15) is 14.7 Å². The normalized spacial score (nSPS) is 16.3. The number of aliphatic carboxylic acids is 1. The number of aromatic nitrogens is 2. The summed E-state index contributed by atoms with van der Waals surface area (Å²) in [5.41, 5.74) is 2.44. The highest BCUT2D eigenvalue weighted by atomic mass is 16.4. The molecule has 7 nitrogen and oxygen atoms in total. The minimum atomic E-state index is -1.61. The molecule has 212 valence electrons. The number of carbonyl (C=O) groups excluding carboxylic acids is 1. The number of piperidine rings is 1. The van der Waals surface area contributed by atoms with Crippen molar-refractivity contribution in [3.05, 3.63) is 77.6 Å². The van der Waals surface area contributed by atoms with Gasteiger partial charge in [0.1, 0.15) is 0 Å². The number of carboxylic acids is 1. The molecule has 2 aromatic carbocycles. The molecule has 2 heterocycles. The molecule has 0 spiro atoms. The lowest BCUT2D eigenvalue weighted by Gasteiger charge is -2.39. The molecule has 0 aliphatic carbocycles. The van der Waals surface area contributed by atoms with Crippen molar-refractivity contribution in [3.63, 3.8) is 0 Å². The third-order valence-corrected chi connectivity index (χ3v) is 8.25. The van der Waals surface area contributed by atoms with Gasteiger partial charge in [0.25, 0.3) is 5.91 Å². The Balaban J connectivity index is 1.46. The molecular weight excluding hydrogens is 500 g/mol. The average Bonchev–Trinajstić information content (AvgIpc) is 2.92. The van der Waals surface area contributed by atoms with Crippen LogP contribution in [0.5, 0.6) is 0 Å². The van der Waals surface area contributed by atoms with Crippen LogP contribution in [0, 0.1) is 11.3 Å². The third kappa shape index (κ3) is 6.35. The summed E-state index contributed by atoms with van der Waals surface area (Å²) >= 11 is 0. The van der Waals surface area contributed by atoms with Gasteiger partial charge in [-0.25, -0.2) is 14.8 Å². The quantitative estimate of drug-likeness (QED) is 0.373. The van der Waals surface area contributed by atoms with E-state index in [1.165, 1.54) is 6.92 Å². The summed E-state index contributed by atoms with van der Waals surface area (Å²) in [5.74, 6) is -0.298. The zero-order valence-electron chi connectivity index (χ0n) is 24.8.